The number of sulfonamides is 1. The number of rotatable bonds is 3. The van der Waals surface area contributed by atoms with Crippen molar-refractivity contribution in [2.75, 3.05) is 23.3 Å². The van der Waals surface area contributed by atoms with E-state index in [1.165, 1.54) is 13.1 Å². The van der Waals surface area contributed by atoms with Gasteiger partial charge >= 0.3 is 0 Å². The molecule has 4 nitrogen and oxygen atoms in total. The maximum Gasteiger partial charge on any atom is 0.232 e. The number of hydrogen-bond donors (Lipinski definition) is 1. The lowest BCUT2D eigenvalue weighted by Crippen LogP contribution is -2.25. The van der Waals surface area contributed by atoms with Gasteiger partial charge in [0.15, 0.2) is 0 Å². The van der Waals surface area contributed by atoms with Crippen LogP contribution in [0.5, 0.6) is 0 Å². The minimum atomic E-state index is -3.38. The van der Waals surface area contributed by atoms with Gasteiger partial charge in [0, 0.05) is 12.6 Å². The molecule has 0 spiro atoms. The van der Waals surface area contributed by atoms with Crippen molar-refractivity contribution >= 4 is 21.4 Å². The van der Waals surface area contributed by atoms with Gasteiger partial charge < -0.3 is 5.73 Å². The summed E-state index contributed by atoms with van der Waals surface area (Å²) in [5.41, 5.74) is 7.55. The zero-order valence-electron chi connectivity index (χ0n) is 11.2. The second-order valence-corrected chi connectivity index (χ2v) is 6.50. The molecule has 2 aromatic carbocycles. The van der Waals surface area contributed by atoms with Gasteiger partial charge in [-0.05, 0) is 23.8 Å². The Morgan fingerprint density at radius 1 is 1.15 bits per heavy atom. The Hall–Kier alpha value is -2.08. The third-order valence-corrected chi connectivity index (χ3v) is 4.24. The average molecular weight is 294 g/mol. The second kappa shape index (κ2) is 5.13. The number of halogens is 1. The van der Waals surface area contributed by atoms with E-state index in [0.717, 1.165) is 10.6 Å². The summed E-state index contributed by atoms with van der Waals surface area (Å²) >= 11 is 0. The molecular formula is C14H15FN2O2S. The SMILES string of the molecule is CN(c1ccc(-c2ccccc2F)cc1N)S(C)(=O)=O. The van der Waals surface area contributed by atoms with Crippen LogP contribution in [0, 0.1) is 5.82 Å². The van der Waals surface area contributed by atoms with E-state index in [-0.39, 0.29) is 11.5 Å². The lowest BCUT2D eigenvalue weighted by atomic mass is 10.0. The molecule has 0 fully saturated rings. The Labute approximate surface area is 117 Å². The Morgan fingerprint density at radius 2 is 1.80 bits per heavy atom. The Kier molecular flexibility index (Phi) is 3.67. The van der Waals surface area contributed by atoms with Crippen LogP contribution in [0.15, 0.2) is 42.5 Å². The Balaban J connectivity index is 2.49. The van der Waals surface area contributed by atoms with Gasteiger partial charge in [0.1, 0.15) is 5.82 Å². The zero-order chi connectivity index (χ0) is 14.9. The predicted octanol–water partition coefficient (Wildman–Crippen LogP) is 2.47. The second-order valence-electron chi connectivity index (χ2n) is 4.48. The zero-order valence-corrected chi connectivity index (χ0v) is 12.0. The summed E-state index contributed by atoms with van der Waals surface area (Å²) in [6, 6.07) is 11.1. The van der Waals surface area contributed by atoms with Crippen LogP contribution in [0.2, 0.25) is 0 Å². The molecule has 2 aromatic rings. The van der Waals surface area contributed by atoms with Crippen LogP contribution in [0.3, 0.4) is 0 Å². The predicted molar refractivity (Wildman–Crippen MR) is 79.5 cm³/mol. The van der Waals surface area contributed by atoms with E-state index in [1.807, 2.05) is 0 Å². The van der Waals surface area contributed by atoms with Gasteiger partial charge in [-0.15, -0.1) is 0 Å². The van der Waals surface area contributed by atoms with Crippen molar-refractivity contribution in [2.24, 2.45) is 0 Å². The van der Waals surface area contributed by atoms with Crippen LogP contribution in [0.4, 0.5) is 15.8 Å². The minimum absolute atomic E-state index is 0.277. The van der Waals surface area contributed by atoms with Crippen LogP contribution in [-0.2, 0) is 10.0 Å². The first-order chi connectivity index (χ1) is 9.30. The smallest absolute Gasteiger partial charge is 0.232 e. The fourth-order valence-corrected chi connectivity index (χ4v) is 2.41. The van der Waals surface area contributed by atoms with Crippen LogP contribution >= 0.6 is 0 Å². The number of hydrogen-bond acceptors (Lipinski definition) is 3. The maximum atomic E-state index is 13.7. The molecule has 0 aliphatic carbocycles. The molecule has 0 aliphatic rings. The number of nitrogen functional groups attached to an aromatic ring is 1. The summed E-state index contributed by atoms with van der Waals surface area (Å²) in [5, 5.41) is 0. The number of nitrogens with two attached hydrogens (primary N) is 1. The number of benzene rings is 2. The van der Waals surface area contributed by atoms with Crippen LogP contribution in [0.25, 0.3) is 11.1 Å². The highest BCUT2D eigenvalue weighted by Gasteiger charge is 2.15. The van der Waals surface area contributed by atoms with Crippen LogP contribution < -0.4 is 10.0 Å². The van der Waals surface area contributed by atoms with Crippen LogP contribution in [-0.4, -0.2) is 21.7 Å². The minimum Gasteiger partial charge on any atom is -0.397 e. The lowest BCUT2D eigenvalue weighted by molar-refractivity contribution is 0.600. The molecule has 0 bridgehead atoms. The van der Waals surface area contributed by atoms with E-state index >= 15 is 0 Å². The number of anilines is 2. The van der Waals surface area contributed by atoms with E-state index in [2.05, 4.69) is 0 Å². The molecule has 0 aromatic heterocycles. The highest BCUT2D eigenvalue weighted by molar-refractivity contribution is 7.92. The van der Waals surface area contributed by atoms with Gasteiger partial charge in [0.2, 0.25) is 10.0 Å². The Bertz CT molecular complexity index is 745. The topological polar surface area (TPSA) is 63.4 Å². The van der Waals surface area contributed by atoms with E-state index in [1.54, 1.807) is 36.4 Å². The molecule has 2 N–H and O–H groups in total. The van der Waals surface area contributed by atoms with Crippen molar-refractivity contribution in [3.8, 4) is 11.1 Å². The van der Waals surface area contributed by atoms with Crippen LogP contribution in [0.1, 0.15) is 0 Å². The molecule has 0 aliphatic heterocycles. The third kappa shape index (κ3) is 2.75. The first-order valence-electron chi connectivity index (χ1n) is 5.89. The molecule has 2 rings (SSSR count). The highest BCUT2D eigenvalue weighted by atomic mass is 32.2. The monoisotopic (exact) mass is 294 g/mol. The average Bonchev–Trinajstić information content (AvgIpc) is 2.37. The summed E-state index contributed by atoms with van der Waals surface area (Å²) in [7, 11) is -1.96. The van der Waals surface area contributed by atoms with Crippen molar-refractivity contribution in [2.45, 2.75) is 0 Å². The standard InChI is InChI=1S/C14H15FN2O2S/c1-17(20(2,18)19)14-8-7-10(9-13(14)16)11-5-3-4-6-12(11)15/h3-9H,16H2,1-2H3. The van der Waals surface area contributed by atoms with Gasteiger partial charge in [-0.25, -0.2) is 12.8 Å². The largest absolute Gasteiger partial charge is 0.397 e. The van der Waals surface area contributed by atoms with Crippen molar-refractivity contribution in [1.82, 2.24) is 0 Å². The number of nitrogens with zero attached hydrogens (tertiary/aromatic N) is 1. The van der Waals surface area contributed by atoms with E-state index < -0.39 is 10.0 Å². The molecule has 0 amide bonds. The van der Waals surface area contributed by atoms with Gasteiger partial charge in [-0.3, -0.25) is 4.31 Å². The summed E-state index contributed by atoms with van der Waals surface area (Å²) in [6.45, 7) is 0. The molecule has 6 heteroatoms. The summed E-state index contributed by atoms with van der Waals surface area (Å²) < 4.78 is 37.8. The summed E-state index contributed by atoms with van der Waals surface area (Å²) in [6.07, 6.45) is 1.09. The molecule has 20 heavy (non-hydrogen) atoms. The first-order valence-corrected chi connectivity index (χ1v) is 7.74. The van der Waals surface area contributed by atoms with Crippen molar-refractivity contribution in [1.29, 1.82) is 0 Å². The van der Waals surface area contributed by atoms with Crippen molar-refractivity contribution in [3.63, 3.8) is 0 Å². The van der Waals surface area contributed by atoms with Gasteiger partial charge in [-0.2, -0.15) is 0 Å². The Morgan fingerprint density at radius 3 is 2.35 bits per heavy atom. The molecule has 0 saturated heterocycles. The highest BCUT2D eigenvalue weighted by Crippen LogP contribution is 2.31. The molecule has 106 valence electrons. The quantitative estimate of drug-likeness (QED) is 0.885. The maximum absolute atomic E-state index is 13.7. The van der Waals surface area contributed by atoms with Gasteiger partial charge in [-0.1, -0.05) is 24.3 Å². The molecule has 0 heterocycles. The molecular weight excluding hydrogens is 279 g/mol. The van der Waals surface area contributed by atoms with Gasteiger partial charge in [0.25, 0.3) is 0 Å². The fourth-order valence-electron chi connectivity index (χ4n) is 1.88. The molecule has 0 atom stereocenters. The first kappa shape index (κ1) is 14.3. The summed E-state index contributed by atoms with van der Waals surface area (Å²) in [5.74, 6) is -0.351. The normalized spacial score (nSPS) is 11.3. The fraction of sp³-hybridized carbons (Fsp3) is 0.143. The van der Waals surface area contributed by atoms with Gasteiger partial charge in [0.05, 0.1) is 17.6 Å². The van der Waals surface area contributed by atoms with E-state index in [9.17, 15) is 12.8 Å². The molecule has 0 radical (unpaired) electrons. The molecule has 0 saturated carbocycles. The van der Waals surface area contributed by atoms with E-state index in [0.29, 0.717) is 16.8 Å². The lowest BCUT2D eigenvalue weighted by Gasteiger charge is -2.19. The van der Waals surface area contributed by atoms with Crippen molar-refractivity contribution in [3.05, 3.63) is 48.3 Å². The summed E-state index contributed by atoms with van der Waals surface area (Å²) in [4.78, 5) is 0. The van der Waals surface area contributed by atoms with Crippen molar-refractivity contribution < 1.29 is 12.8 Å². The molecule has 0 unspecified atom stereocenters. The third-order valence-electron chi connectivity index (χ3n) is 3.05. The van der Waals surface area contributed by atoms with E-state index in [4.69, 9.17) is 5.73 Å².